The normalized spacial score (nSPS) is 12.5. The highest BCUT2D eigenvalue weighted by atomic mass is 16.6. The van der Waals surface area contributed by atoms with E-state index in [0.717, 1.165) is 16.8 Å². The zero-order chi connectivity index (χ0) is 19.2. The Hall–Kier alpha value is -2.62. The standard InChI is InChI=1S/C22H29N3O/c1-21(2,3)23-20(24-22(4,5)6)26-25-19(17-13-9-7-10-14-17)18-15-11-8-12-16-18/h7-16H,1-6H3,(H,23,24). The maximum atomic E-state index is 5.79. The molecular weight excluding hydrogens is 322 g/mol. The molecule has 0 saturated carbocycles. The van der Waals surface area contributed by atoms with Crippen LogP contribution in [0.3, 0.4) is 0 Å². The van der Waals surface area contributed by atoms with E-state index in [0.29, 0.717) is 6.02 Å². The number of rotatable bonds is 3. The van der Waals surface area contributed by atoms with Crippen LogP contribution in [0.2, 0.25) is 0 Å². The van der Waals surface area contributed by atoms with Crippen molar-refractivity contribution in [3.63, 3.8) is 0 Å². The van der Waals surface area contributed by atoms with Gasteiger partial charge in [-0.2, -0.15) is 0 Å². The van der Waals surface area contributed by atoms with Gasteiger partial charge in [-0.3, -0.25) is 0 Å². The molecule has 0 saturated heterocycles. The van der Waals surface area contributed by atoms with Crippen molar-refractivity contribution in [2.45, 2.75) is 52.6 Å². The molecule has 0 aliphatic carbocycles. The van der Waals surface area contributed by atoms with Gasteiger partial charge in [0.15, 0.2) is 0 Å². The van der Waals surface area contributed by atoms with Crippen LogP contribution < -0.4 is 5.32 Å². The third-order valence-corrected chi connectivity index (χ3v) is 3.24. The molecule has 4 heteroatoms. The molecule has 0 aromatic heterocycles. The number of benzene rings is 2. The molecule has 0 aliphatic rings. The summed E-state index contributed by atoms with van der Waals surface area (Å²) in [5.74, 6) is 0. The Bertz CT molecular complexity index is 710. The summed E-state index contributed by atoms with van der Waals surface area (Å²) in [5, 5.41) is 7.75. The summed E-state index contributed by atoms with van der Waals surface area (Å²) in [6, 6.07) is 20.4. The first-order valence-electron chi connectivity index (χ1n) is 8.88. The summed E-state index contributed by atoms with van der Waals surface area (Å²) in [4.78, 5) is 10.4. The van der Waals surface area contributed by atoms with E-state index in [1.807, 2.05) is 81.4 Å². The maximum Gasteiger partial charge on any atom is 0.315 e. The van der Waals surface area contributed by atoms with E-state index in [9.17, 15) is 0 Å². The lowest BCUT2D eigenvalue weighted by atomic mass is 10.0. The SMILES string of the molecule is CC(C)(C)N=C(NC(C)(C)C)ON=C(c1ccccc1)c1ccccc1. The van der Waals surface area contributed by atoms with Crippen molar-refractivity contribution in [2.75, 3.05) is 0 Å². The van der Waals surface area contributed by atoms with Crippen LogP contribution in [0.4, 0.5) is 0 Å². The second kappa shape index (κ2) is 8.17. The van der Waals surface area contributed by atoms with Gasteiger partial charge in [-0.25, -0.2) is 4.99 Å². The third-order valence-electron chi connectivity index (χ3n) is 3.24. The van der Waals surface area contributed by atoms with Crippen LogP contribution in [0.25, 0.3) is 0 Å². The predicted molar refractivity (Wildman–Crippen MR) is 110 cm³/mol. The van der Waals surface area contributed by atoms with Crippen LogP contribution in [0.5, 0.6) is 0 Å². The molecule has 0 bridgehead atoms. The summed E-state index contributed by atoms with van der Waals surface area (Å²) in [6.45, 7) is 12.3. The molecule has 0 radical (unpaired) electrons. The van der Waals surface area contributed by atoms with Crippen molar-refractivity contribution < 1.29 is 4.84 Å². The van der Waals surface area contributed by atoms with Gasteiger partial charge >= 0.3 is 6.02 Å². The van der Waals surface area contributed by atoms with Crippen LogP contribution in [0, 0.1) is 0 Å². The van der Waals surface area contributed by atoms with Crippen molar-refractivity contribution >= 4 is 11.7 Å². The number of nitrogens with zero attached hydrogens (tertiary/aromatic N) is 2. The minimum absolute atomic E-state index is 0.181. The molecule has 0 amide bonds. The number of aliphatic imine (C=N–C) groups is 1. The fourth-order valence-electron chi connectivity index (χ4n) is 2.25. The topological polar surface area (TPSA) is 46.0 Å². The average molecular weight is 351 g/mol. The fraction of sp³-hybridized carbons (Fsp3) is 0.364. The first kappa shape index (κ1) is 19.7. The molecule has 0 atom stereocenters. The average Bonchev–Trinajstić information content (AvgIpc) is 2.54. The number of nitrogens with one attached hydrogen (secondary N) is 1. The molecule has 2 aromatic carbocycles. The monoisotopic (exact) mass is 351 g/mol. The van der Waals surface area contributed by atoms with Gasteiger partial charge in [-0.05, 0) is 41.5 Å². The number of amidine groups is 1. The van der Waals surface area contributed by atoms with Crippen molar-refractivity contribution in [3.8, 4) is 0 Å². The number of hydrogen-bond donors (Lipinski definition) is 1. The van der Waals surface area contributed by atoms with Crippen molar-refractivity contribution in [2.24, 2.45) is 10.1 Å². The van der Waals surface area contributed by atoms with E-state index in [1.54, 1.807) is 0 Å². The lowest BCUT2D eigenvalue weighted by molar-refractivity contribution is 0.286. The van der Waals surface area contributed by atoms with Gasteiger partial charge < -0.3 is 10.2 Å². The van der Waals surface area contributed by atoms with Crippen LogP contribution in [0.1, 0.15) is 52.7 Å². The molecule has 1 N–H and O–H groups in total. The minimum Gasteiger partial charge on any atom is -0.334 e. The number of oxime groups is 1. The van der Waals surface area contributed by atoms with Crippen LogP contribution in [-0.4, -0.2) is 22.8 Å². The molecule has 0 spiro atoms. The van der Waals surface area contributed by atoms with Gasteiger partial charge in [0.25, 0.3) is 0 Å². The molecule has 26 heavy (non-hydrogen) atoms. The first-order chi connectivity index (χ1) is 12.1. The van der Waals surface area contributed by atoms with E-state index >= 15 is 0 Å². The summed E-state index contributed by atoms with van der Waals surface area (Å²) < 4.78 is 0. The molecule has 0 fully saturated rings. The van der Waals surface area contributed by atoms with Gasteiger partial charge in [0.1, 0.15) is 5.71 Å². The second-order valence-electron chi connectivity index (χ2n) is 8.23. The Kier molecular flexibility index (Phi) is 6.19. The van der Waals surface area contributed by atoms with E-state index < -0.39 is 0 Å². The smallest absolute Gasteiger partial charge is 0.315 e. The Labute approximate surface area is 157 Å². The van der Waals surface area contributed by atoms with Crippen LogP contribution in [-0.2, 0) is 4.84 Å². The summed E-state index contributed by atoms with van der Waals surface area (Å²) >= 11 is 0. The van der Waals surface area contributed by atoms with E-state index in [4.69, 9.17) is 4.84 Å². The van der Waals surface area contributed by atoms with Gasteiger partial charge in [-0.15, -0.1) is 0 Å². The minimum atomic E-state index is -0.275. The van der Waals surface area contributed by atoms with E-state index in [1.165, 1.54) is 0 Å². The Balaban J connectivity index is 2.40. The molecule has 138 valence electrons. The van der Waals surface area contributed by atoms with Gasteiger partial charge in [0.2, 0.25) is 0 Å². The van der Waals surface area contributed by atoms with Gasteiger partial charge in [0, 0.05) is 16.7 Å². The van der Waals surface area contributed by atoms with Gasteiger partial charge in [-0.1, -0.05) is 65.8 Å². The predicted octanol–water partition coefficient (Wildman–Crippen LogP) is 5.00. The van der Waals surface area contributed by atoms with E-state index in [-0.39, 0.29) is 11.1 Å². The van der Waals surface area contributed by atoms with Crippen molar-refractivity contribution in [3.05, 3.63) is 71.8 Å². The zero-order valence-corrected chi connectivity index (χ0v) is 16.6. The van der Waals surface area contributed by atoms with Gasteiger partial charge in [0.05, 0.1) is 5.54 Å². The zero-order valence-electron chi connectivity index (χ0n) is 16.6. The highest BCUT2D eigenvalue weighted by molar-refractivity contribution is 6.12. The Morgan fingerprint density at radius 2 is 1.23 bits per heavy atom. The largest absolute Gasteiger partial charge is 0.334 e. The molecule has 0 unspecified atom stereocenters. The molecular formula is C22H29N3O. The third kappa shape index (κ3) is 6.71. The molecule has 2 aromatic rings. The highest BCUT2D eigenvalue weighted by Crippen LogP contribution is 2.13. The first-order valence-corrected chi connectivity index (χ1v) is 8.88. The van der Waals surface area contributed by atoms with E-state index in [2.05, 4.69) is 36.2 Å². The maximum absolute atomic E-state index is 5.79. The molecule has 4 nitrogen and oxygen atoms in total. The highest BCUT2D eigenvalue weighted by Gasteiger charge is 2.18. The summed E-state index contributed by atoms with van der Waals surface area (Å²) in [5.41, 5.74) is 2.29. The van der Waals surface area contributed by atoms with Crippen molar-refractivity contribution in [1.29, 1.82) is 0 Å². The summed E-state index contributed by atoms with van der Waals surface area (Å²) in [6.07, 6.45) is 0. The Morgan fingerprint density at radius 3 is 1.62 bits per heavy atom. The van der Waals surface area contributed by atoms with Crippen LogP contribution >= 0.6 is 0 Å². The lowest BCUT2D eigenvalue weighted by Crippen LogP contribution is -2.42. The number of hydrogen-bond acceptors (Lipinski definition) is 3. The molecule has 0 aliphatic heterocycles. The fourth-order valence-corrected chi connectivity index (χ4v) is 2.25. The Morgan fingerprint density at radius 1 is 0.769 bits per heavy atom. The molecule has 0 heterocycles. The lowest BCUT2D eigenvalue weighted by Gasteiger charge is -2.23. The quantitative estimate of drug-likeness (QED) is 0.480. The van der Waals surface area contributed by atoms with Crippen molar-refractivity contribution in [1.82, 2.24) is 5.32 Å². The molecule has 2 rings (SSSR count). The second-order valence-corrected chi connectivity index (χ2v) is 8.23. The summed E-state index contributed by atoms with van der Waals surface area (Å²) in [7, 11) is 0. The van der Waals surface area contributed by atoms with Crippen LogP contribution in [0.15, 0.2) is 70.8 Å².